The summed E-state index contributed by atoms with van der Waals surface area (Å²) in [6.07, 6.45) is 1.60. The van der Waals surface area contributed by atoms with Gasteiger partial charge in [0.2, 0.25) is 0 Å². The van der Waals surface area contributed by atoms with Crippen molar-refractivity contribution in [3.63, 3.8) is 0 Å². The largest absolute Gasteiger partial charge is 0.492 e. The van der Waals surface area contributed by atoms with Crippen LogP contribution in [0, 0.1) is 5.82 Å². The number of nitrogens with zero attached hydrogens (tertiary/aromatic N) is 4. The monoisotopic (exact) mass is 503 g/mol. The zero-order valence-electron chi connectivity index (χ0n) is 16.0. The molecule has 1 aromatic carbocycles. The molecule has 28 heavy (non-hydrogen) atoms. The number of ether oxygens (including phenoxy) is 1. The molecule has 1 aliphatic heterocycles. The van der Waals surface area contributed by atoms with Crippen LogP contribution in [-0.2, 0) is 6.54 Å². The molecule has 3 rings (SSSR count). The van der Waals surface area contributed by atoms with E-state index < -0.39 is 0 Å². The van der Waals surface area contributed by atoms with Crippen LogP contribution in [0.3, 0.4) is 0 Å². The first-order chi connectivity index (χ1) is 13.2. The second-order valence-corrected chi connectivity index (χ2v) is 6.30. The van der Waals surface area contributed by atoms with Gasteiger partial charge in [-0.1, -0.05) is 11.2 Å². The first kappa shape index (κ1) is 22.4. The van der Waals surface area contributed by atoms with Gasteiger partial charge in [-0.3, -0.25) is 4.90 Å². The summed E-state index contributed by atoms with van der Waals surface area (Å²) in [7, 11) is 0. The summed E-state index contributed by atoms with van der Waals surface area (Å²) >= 11 is 0. The standard InChI is InChI=1S/C19H26FN5O2.HI/c1-2-21-19(22-7-13-26-18-5-3-4-16(20)14-18)25-10-8-24(9-11-25)15-17-6-12-27-23-17;/h3-6,12,14H,2,7-11,13,15H2,1H3,(H,21,22);1H. The smallest absolute Gasteiger partial charge is 0.194 e. The van der Waals surface area contributed by atoms with E-state index in [0.717, 1.165) is 50.9 Å². The van der Waals surface area contributed by atoms with Gasteiger partial charge < -0.3 is 19.5 Å². The highest BCUT2D eigenvalue weighted by Gasteiger charge is 2.20. The quantitative estimate of drug-likeness (QED) is 0.271. The van der Waals surface area contributed by atoms with Gasteiger partial charge in [-0.2, -0.15) is 0 Å². The molecule has 1 aromatic heterocycles. The molecule has 154 valence electrons. The Bertz CT molecular complexity index is 721. The van der Waals surface area contributed by atoms with Gasteiger partial charge >= 0.3 is 0 Å². The van der Waals surface area contributed by atoms with Crippen molar-refractivity contribution in [1.82, 2.24) is 20.3 Å². The lowest BCUT2D eigenvalue weighted by molar-refractivity contribution is 0.169. The number of benzene rings is 1. The Morgan fingerprint density at radius 3 is 2.79 bits per heavy atom. The molecule has 9 heteroatoms. The lowest BCUT2D eigenvalue weighted by Crippen LogP contribution is -2.52. The van der Waals surface area contributed by atoms with Crippen molar-refractivity contribution in [2.45, 2.75) is 13.5 Å². The Labute approximate surface area is 181 Å². The Morgan fingerprint density at radius 1 is 1.29 bits per heavy atom. The van der Waals surface area contributed by atoms with Crippen molar-refractivity contribution >= 4 is 29.9 Å². The molecular weight excluding hydrogens is 476 g/mol. The summed E-state index contributed by atoms with van der Waals surface area (Å²) in [6, 6.07) is 8.05. The summed E-state index contributed by atoms with van der Waals surface area (Å²) in [4.78, 5) is 9.25. The average Bonchev–Trinajstić information content (AvgIpc) is 3.18. The maximum absolute atomic E-state index is 13.2. The normalized spacial score (nSPS) is 15.2. The van der Waals surface area contributed by atoms with Crippen molar-refractivity contribution in [2.24, 2.45) is 4.99 Å². The maximum Gasteiger partial charge on any atom is 0.194 e. The third-order valence-corrected chi connectivity index (χ3v) is 4.30. The minimum absolute atomic E-state index is 0. The number of hydrogen-bond acceptors (Lipinski definition) is 5. The predicted octanol–water partition coefficient (Wildman–Crippen LogP) is 2.59. The molecule has 0 saturated carbocycles. The maximum atomic E-state index is 13.2. The molecule has 0 unspecified atom stereocenters. The minimum atomic E-state index is -0.298. The van der Waals surface area contributed by atoms with E-state index in [4.69, 9.17) is 9.26 Å². The third-order valence-electron chi connectivity index (χ3n) is 4.30. The molecule has 2 aromatic rings. The van der Waals surface area contributed by atoms with Gasteiger partial charge in [-0.15, -0.1) is 24.0 Å². The van der Waals surface area contributed by atoms with Gasteiger partial charge in [0.05, 0.1) is 12.2 Å². The molecule has 0 spiro atoms. The van der Waals surface area contributed by atoms with Gasteiger partial charge in [-0.25, -0.2) is 9.38 Å². The first-order valence-corrected chi connectivity index (χ1v) is 9.28. The van der Waals surface area contributed by atoms with Crippen LogP contribution in [-0.4, -0.2) is 66.8 Å². The molecule has 7 nitrogen and oxygen atoms in total. The first-order valence-electron chi connectivity index (χ1n) is 9.28. The van der Waals surface area contributed by atoms with Crippen molar-refractivity contribution in [3.8, 4) is 5.75 Å². The number of halogens is 2. The molecule has 0 aliphatic carbocycles. The van der Waals surface area contributed by atoms with Crippen LogP contribution >= 0.6 is 24.0 Å². The highest BCUT2D eigenvalue weighted by Crippen LogP contribution is 2.11. The van der Waals surface area contributed by atoms with Crippen LogP contribution in [0.1, 0.15) is 12.6 Å². The predicted molar refractivity (Wildman–Crippen MR) is 117 cm³/mol. The van der Waals surface area contributed by atoms with Gasteiger partial charge in [-0.05, 0) is 19.1 Å². The number of nitrogens with one attached hydrogen (secondary N) is 1. The fraction of sp³-hybridized carbons (Fsp3) is 0.474. The van der Waals surface area contributed by atoms with Crippen molar-refractivity contribution in [3.05, 3.63) is 48.1 Å². The average molecular weight is 503 g/mol. The van der Waals surface area contributed by atoms with Crippen LogP contribution in [0.5, 0.6) is 5.75 Å². The van der Waals surface area contributed by atoms with Crippen molar-refractivity contribution in [2.75, 3.05) is 45.9 Å². The molecule has 1 saturated heterocycles. The van der Waals surface area contributed by atoms with Crippen molar-refractivity contribution < 1.29 is 13.7 Å². The number of guanidine groups is 1. The van der Waals surface area contributed by atoms with Crippen LogP contribution < -0.4 is 10.1 Å². The van der Waals surface area contributed by atoms with Crippen LogP contribution in [0.25, 0.3) is 0 Å². The highest BCUT2D eigenvalue weighted by molar-refractivity contribution is 14.0. The molecule has 1 N–H and O–H groups in total. The highest BCUT2D eigenvalue weighted by atomic mass is 127. The van der Waals surface area contributed by atoms with Crippen LogP contribution in [0.4, 0.5) is 4.39 Å². The fourth-order valence-electron chi connectivity index (χ4n) is 2.96. The molecule has 0 bridgehead atoms. The van der Waals surface area contributed by atoms with E-state index in [9.17, 15) is 4.39 Å². The zero-order valence-corrected chi connectivity index (χ0v) is 18.3. The summed E-state index contributed by atoms with van der Waals surface area (Å²) < 4.78 is 23.6. The van der Waals surface area contributed by atoms with E-state index in [2.05, 4.69) is 32.2 Å². The zero-order chi connectivity index (χ0) is 18.9. The molecule has 1 fully saturated rings. The van der Waals surface area contributed by atoms with Crippen LogP contribution in [0.2, 0.25) is 0 Å². The third kappa shape index (κ3) is 6.93. The Kier molecular flexibility index (Phi) is 9.48. The fourth-order valence-corrected chi connectivity index (χ4v) is 2.96. The molecule has 0 atom stereocenters. The number of aliphatic imine (C=N–C) groups is 1. The van der Waals surface area contributed by atoms with E-state index in [0.29, 0.717) is 18.9 Å². The molecule has 1 aliphatic rings. The molecule has 2 heterocycles. The number of aromatic nitrogens is 1. The molecule has 0 radical (unpaired) electrons. The van der Waals surface area contributed by atoms with Gasteiger partial charge in [0, 0.05) is 51.4 Å². The number of rotatable bonds is 7. The SMILES string of the molecule is CCNC(=NCCOc1cccc(F)c1)N1CCN(Cc2ccon2)CC1.I. The van der Waals surface area contributed by atoms with Gasteiger partial charge in [0.1, 0.15) is 24.4 Å². The Balaban J connectivity index is 0.00000280. The summed E-state index contributed by atoms with van der Waals surface area (Å²) in [5, 5.41) is 7.31. The Morgan fingerprint density at radius 2 is 2.11 bits per heavy atom. The topological polar surface area (TPSA) is 66.1 Å². The second kappa shape index (κ2) is 11.8. The van der Waals surface area contributed by atoms with E-state index in [1.807, 2.05) is 6.07 Å². The lowest BCUT2D eigenvalue weighted by Gasteiger charge is -2.36. The van der Waals surface area contributed by atoms with Crippen molar-refractivity contribution in [1.29, 1.82) is 0 Å². The number of hydrogen-bond donors (Lipinski definition) is 1. The van der Waals surface area contributed by atoms with Gasteiger partial charge in [0.25, 0.3) is 0 Å². The van der Waals surface area contributed by atoms with E-state index in [1.165, 1.54) is 12.1 Å². The van der Waals surface area contributed by atoms with E-state index in [1.54, 1.807) is 18.4 Å². The summed E-state index contributed by atoms with van der Waals surface area (Å²) in [5.74, 6) is 1.12. The van der Waals surface area contributed by atoms with Crippen LogP contribution in [0.15, 0.2) is 46.1 Å². The molecular formula is C19H27FIN5O2. The number of piperazine rings is 1. The van der Waals surface area contributed by atoms with Gasteiger partial charge in [0.15, 0.2) is 5.96 Å². The Hall–Kier alpha value is -1.88. The van der Waals surface area contributed by atoms with E-state index in [-0.39, 0.29) is 29.8 Å². The second-order valence-electron chi connectivity index (χ2n) is 6.30. The lowest BCUT2D eigenvalue weighted by atomic mass is 10.3. The van der Waals surface area contributed by atoms with E-state index >= 15 is 0 Å². The molecule has 0 amide bonds. The minimum Gasteiger partial charge on any atom is -0.492 e. The summed E-state index contributed by atoms with van der Waals surface area (Å²) in [5.41, 5.74) is 0.957. The summed E-state index contributed by atoms with van der Waals surface area (Å²) in [6.45, 7) is 8.27.